The number of fused-ring (bicyclic) bond motifs is 1. The Hall–Kier alpha value is -1.99. The van der Waals surface area contributed by atoms with Gasteiger partial charge in [0.2, 0.25) is 0 Å². The van der Waals surface area contributed by atoms with Gasteiger partial charge >= 0.3 is 0 Å². The number of nitrogens with zero attached hydrogens (tertiary/aromatic N) is 4. The summed E-state index contributed by atoms with van der Waals surface area (Å²) in [6.07, 6.45) is 7.60. The molecule has 4 heterocycles. The number of aromatic amines is 1. The molecule has 0 spiro atoms. The van der Waals surface area contributed by atoms with Crippen LogP contribution in [0, 0.1) is 0 Å². The van der Waals surface area contributed by atoms with Gasteiger partial charge in [0.25, 0.3) is 5.56 Å². The molecule has 0 amide bonds. The summed E-state index contributed by atoms with van der Waals surface area (Å²) < 4.78 is 1.67. The van der Waals surface area contributed by atoms with Crippen LogP contribution in [0.5, 0.6) is 0 Å². The lowest BCUT2D eigenvalue weighted by molar-refractivity contribution is 0.129. The van der Waals surface area contributed by atoms with E-state index >= 15 is 0 Å². The van der Waals surface area contributed by atoms with E-state index in [1.165, 1.54) is 30.6 Å². The Morgan fingerprint density at radius 3 is 3.16 bits per heavy atom. The highest BCUT2D eigenvalue weighted by Crippen LogP contribution is 2.24. The van der Waals surface area contributed by atoms with Crippen LogP contribution in [-0.4, -0.2) is 37.2 Å². The Balaban J connectivity index is 1.51. The van der Waals surface area contributed by atoms with Crippen molar-refractivity contribution in [3.8, 4) is 0 Å². The van der Waals surface area contributed by atoms with Gasteiger partial charge in [-0.2, -0.15) is 5.10 Å². The predicted molar refractivity (Wildman–Crippen MR) is 99.8 cm³/mol. The van der Waals surface area contributed by atoms with Gasteiger partial charge in [0.1, 0.15) is 11.2 Å². The highest BCUT2D eigenvalue weighted by molar-refractivity contribution is 7.09. The molecule has 132 valence electrons. The lowest BCUT2D eigenvalue weighted by Crippen LogP contribution is -2.40. The second-order valence-corrected chi connectivity index (χ2v) is 7.79. The van der Waals surface area contributed by atoms with Crippen molar-refractivity contribution < 1.29 is 0 Å². The van der Waals surface area contributed by atoms with E-state index in [9.17, 15) is 4.79 Å². The van der Waals surface area contributed by atoms with Crippen molar-refractivity contribution in [2.45, 2.75) is 44.7 Å². The quantitative estimate of drug-likeness (QED) is 0.762. The summed E-state index contributed by atoms with van der Waals surface area (Å²) in [7, 11) is 1.82. The van der Waals surface area contributed by atoms with Gasteiger partial charge in [-0.05, 0) is 43.7 Å². The number of hydrogen-bond acceptors (Lipinski definition) is 5. The molecule has 0 aromatic carbocycles. The van der Waals surface area contributed by atoms with Crippen molar-refractivity contribution in [2.75, 3.05) is 6.54 Å². The third-order valence-electron chi connectivity index (χ3n) is 5.06. The van der Waals surface area contributed by atoms with Gasteiger partial charge in [0, 0.05) is 18.0 Å². The number of H-pyrrole nitrogens is 1. The van der Waals surface area contributed by atoms with E-state index in [0.29, 0.717) is 23.6 Å². The highest BCUT2D eigenvalue weighted by Gasteiger charge is 2.23. The zero-order valence-electron chi connectivity index (χ0n) is 14.4. The molecule has 1 aliphatic rings. The smallest absolute Gasteiger partial charge is 0.262 e. The van der Waals surface area contributed by atoms with Crippen LogP contribution in [0.4, 0.5) is 0 Å². The van der Waals surface area contributed by atoms with Crippen molar-refractivity contribution >= 4 is 22.4 Å². The lowest BCUT2D eigenvalue weighted by Gasteiger charge is -2.35. The number of nitrogens with one attached hydrogen (secondary N) is 1. The van der Waals surface area contributed by atoms with Gasteiger partial charge in [0.15, 0.2) is 5.65 Å². The monoisotopic (exact) mass is 357 g/mol. The van der Waals surface area contributed by atoms with Gasteiger partial charge in [-0.15, -0.1) is 11.3 Å². The van der Waals surface area contributed by atoms with Crippen molar-refractivity contribution in [3.63, 3.8) is 0 Å². The topological polar surface area (TPSA) is 66.8 Å². The number of likely N-dealkylation sites (tertiary alicyclic amines) is 1. The molecule has 1 saturated heterocycles. The second-order valence-electron chi connectivity index (χ2n) is 6.76. The van der Waals surface area contributed by atoms with Gasteiger partial charge in [-0.3, -0.25) is 14.4 Å². The molecule has 6 nitrogen and oxygen atoms in total. The number of aromatic nitrogens is 4. The first-order chi connectivity index (χ1) is 12.2. The van der Waals surface area contributed by atoms with E-state index in [2.05, 4.69) is 37.5 Å². The summed E-state index contributed by atoms with van der Waals surface area (Å²) >= 11 is 1.83. The Kier molecular flexibility index (Phi) is 4.67. The molecular formula is C18H23N5OS. The molecule has 3 aromatic heterocycles. The van der Waals surface area contributed by atoms with Crippen LogP contribution >= 0.6 is 11.3 Å². The van der Waals surface area contributed by atoms with Crippen LogP contribution in [0.1, 0.15) is 36.4 Å². The fourth-order valence-corrected chi connectivity index (χ4v) is 4.43. The van der Waals surface area contributed by atoms with E-state index in [4.69, 9.17) is 0 Å². The molecule has 1 atom stereocenters. The maximum absolute atomic E-state index is 12.3. The summed E-state index contributed by atoms with van der Waals surface area (Å²) in [6, 6.07) is 4.90. The summed E-state index contributed by atoms with van der Waals surface area (Å²) in [5.74, 6) is 0.740. The minimum absolute atomic E-state index is 0.0970. The highest BCUT2D eigenvalue weighted by atomic mass is 32.1. The van der Waals surface area contributed by atoms with Crippen molar-refractivity contribution in [2.24, 2.45) is 7.05 Å². The Labute approximate surface area is 150 Å². The number of hydrogen-bond donors (Lipinski definition) is 1. The molecule has 25 heavy (non-hydrogen) atoms. The number of piperidine rings is 1. The second kappa shape index (κ2) is 7.09. The van der Waals surface area contributed by atoms with E-state index in [1.807, 2.05) is 18.4 Å². The summed E-state index contributed by atoms with van der Waals surface area (Å²) in [6.45, 7) is 1.77. The van der Waals surface area contributed by atoms with Crippen LogP contribution in [0.25, 0.3) is 11.0 Å². The molecule has 0 unspecified atom stereocenters. The van der Waals surface area contributed by atoms with Crippen LogP contribution in [0.2, 0.25) is 0 Å². The van der Waals surface area contributed by atoms with Crippen LogP contribution < -0.4 is 5.56 Å². The molecule has 0 bridgehead atoms. The fourth-order valence-electron chi connectivity index (χ4n) is 3.70. The van der Waals surface area contributed by atoms with Crippen molar-refractivity contribution in [3.05, 3.63) is 44.8 Å². The zero-order valence-corrected chi connectivity index (χ0v) is 15.3. The first-order valence-corrected chi connectivity index (χ1v) is 9.76. The number of aryl methyl sites for hydroxylation is 2. The van der Waals surface area contributed by atoms with Crippen molar-refractivity contribution in [1.29, 1.82) is 0 Å². The lowest BCUT2D eigenvalue weighted by atomic mass is 9.97. The fraction of sp³-hybridized carbons (Fsp3) is 0.500. The molecule has 3 aromatic rings. The first-order valence-electron chi connectivity index (χ1n) is 8.88. The maximum Gasteiger partial charge on any atom is 0.262 e. The van der Waals surface area contributed by atoms with E-state index < -0.39 is 0 Å². The summed E-state index contributed by atoms with van der Waals surface area (Å²) in [5.41, 5.74) is 0.561. The minimum Gasteiger partial charge on any atom is -0.309 e. The van der Waals surface area contributed by atoms with Crippen molar-refractivity contribution in [1.82, 2.24) is 24.6 Å². The van der Waals surface area contributed by atoms with E-state index in [-0.39, 0.29) is 5.56 Å². The van der Waals surface area contributed by atoms with Gasteiger partial charge in [0.05, 0.1) is 12.7 Å². The molecule has 7 heteroatoms. The van der Waals surface area contributed by atoms with Crippen LogP contribution in [-0.2, 0) is 20.0 Å². The van der Waals surface area contributed by atoms with Gasteiger partial charge < -0.3 is 4.98 Å². The molecule has 1 fully saturated rings. The average molecular weight is 357 g/mol. The maximum atomic E-state index is 12.3. The van der Waals surface area contributed by atoms with Gasteiger partial charge in [-0.25, -0.2) is 4.98 Å². The number of thiophene rings is 1. The Morgan fingerprint density at radius 1 is 1.40 bits per heavy atom. The molecule has 1 N–H and O–H groups in total. The average Bonchev–Trinajstić information content (AvgIpc) is 3.25. The zero-order chi connectivity index (χ0) is 17.2. The molecule has 0 aliphatic carbocycles. The largest absolute Gasteiger partial charge is 0.309 e. The molecular weight excluding hydrogens is 334 g/mol. The summed E-state index contributed by atoms with van der Waals surface area (Å²) in [4.78, 5) is 23.8. The minimum atomic E-state index is -0.0970. The molecule has 0 saturated carbocycles. The predicted octanol–water partition coefficient (Wildman–Crippen LogP) is 2.71. The first kappa shape index (κ1) is 16.5. The third kappa shape index (κ3) is 3.52. The molecule has 0 radical (unpaired) electrons. The molecule has 4 rings (SSSR count). The van der Waals surface area contributed by atoms with Crippen LogP contribution in [0.15, 0.2) is 28.5 Å². The van der Waals surface area contributed by atoms with E-state index in [1.54, 1.807) is 10.9 Å². The molecule has 1 aliphatic heterocycles. The number of rotatable bonds is 5. The third-order valence-corrected chi connectivity index (χ3v) is 5.99. The standard InChI is InChI=1S/C18H23N5OS/c1-22-17-15(11-19-22)18(24)21-16(20-17)12-23-9-3-2-5-13(23)7-8-14-6-4-10-25-14/h4,6,10-11,13H,2-3,5,7-9,12H2,1H3,(H,20,21,24)/t13-/m0/s1. The SMILES string of the molecule is Cn1ncc2c(=O)[nH]c(CN3CCCC[C@H]3CCc3cccs3)nc21. The van der Waals surface area contributed by atoms with Gasteiger partial charge in [-0.1, -0.05) is 12.5 Å². The Morgan fingerprint density at radius 2 is 2.32 bits per heavy atom. The normalized spacial score (nSPS) is 18.8. The van der Waals surface area contributed by atoms with E-state index in [0.717, 1.165) is 18.8 Å². The Bertz CT molecular complexity index is 898. The van der Waals surface area contributed by atoms with Crippen LogP contribution in [0.3, 0.4) is 0 Å². The summed E-state index contributed by atoms with van der Waals surface area (Å²) in [5, 5.41) is 6.84.